The van der Waals surface area contributed by atoms with Gasteiger partial charge in [-0.05, 0) is 42.5 Å². The maximum absolute atomic E-state index is 12.7. The van der Waals surface area contributed by atoms with E-state index in [0.29, 0.717) is 11.1 Å². The minimum atomic E-state index is -4.47. The number of alkyl halides is 3. The summed E-state index contributed by atoms with van der Waals surface area (Å²) < 4.78 is 43.3. The van der Waals surface area contributed by atoms with E-state index in [9.17, 15) is 22.8 Å². The van der Waals surface area contributed by atoms with Crippen molar-refractivity contribution in [2.45, 2.75) is 6.18 Å². The molecule has 1 heterocycles. The fraction of sp³-hybridized carbons (Fsp3) is 0.167. The molecule has 1 N–H and O–H groups in total. The summed E-state index contributed by atoms with van der Waals surface area (Å²) in [6.45, 7) is -0.118. The van der Waals surface area contributed by atoms with Crippen LogP contribution in [0.5, 0.6) is 0 Å². The van der Waals surface area contributed by atoms with Crippen molar-refractivity contribution in [2.75, 3.05) is 18.5 Å². The van der Waals surface area contributed by atoms with Gasteiger partial charge in [0, 0.05) is 5.69 Å². The molecule has 9 heteroatoms. The number of hydrogen-bond donors (Lipinski definition) is 1. The second-order valence-electron chi connectivity index (χ2n) is 5.65. The van der Waals surface area contributed by atoms with Crippen molar-refractivity contribution in [3.8, 4) is 0 Å². The van der Waals surface area contributed by atoms with E-state index in [0.717, 1.165) is 17.0 Å². The van der Waals surface area contributed by atoms with Crippen LogP contribution < -0.4 is 5.32 Å². The summed E-state index contributed by atoms with van der Waals surface area (Å²) in [6, 6.07) is 11.0. The van der Waals surface area contributed by atoms with E-state index in [2.05, 4.69) is 5.32 Å². The number of nitrogens with zero attached hydrogens (tertiary/aromatic N) is 1. The molecule has 2 aromatic carbocycles. The highest BCUT2D eigenvalue weighted by molar-refractivity contribution is 7.80. The molecule has 0 atom stereocenters. The molecule has 0 bridgehead atoms. The van der Waals surface area contributed by atoms with E-state index >= 15 is 0 Å². The van der Waals surface area contributed by atoms with Crippen LogP contribution in [0.3, 0.4) is 0 Å². The third-order valence-corrected chi connectivity index (χ3v) is 4.08. The molecular formula is C18H13F3N2O3S. The number of thiocarbonyl (C=S) groups is 1. The Morgan fingerprint density at radius 3 is 2.26 bits per heavy atom. The van der Waals surface area contributed by atoms with Crippen molar-refractivity contribution in [2.24, 2.45) is 0 Å². The molecule has 0 saturated carbocycles. The predicted molar refractivity (Wildman–Crippen MR) is 95.4 cm³/mol. The van der Waals surface area contributed by atoms with Crippen LogP contribution in [0.4, 0.5) is 18.9 Å². The lowest BCUT2D eigenvalue weighted by Gasteiger charge is -2.15. The summed E-state index contributed by atoms with van der Waals surface area (Å²) in [6.07, 6.45) is -4.47. The lowest BCUT2D eigenvalue weighted by molar-refractivity contribution is -0.137. The Balaban J connectivity index is 1.54. The van der Waals surface area contributed by atoms with E-state index in [-0.39, 0.29) is 24.0 Å². The van der Waals surface area contributed by atoms with Crippen LogP contribution in [-0.2, 0) is 10.9 Å². The van der Waals surface area contributed by atoms with E-state index < -0.39 is 23.6 Å². The van der Waals surface area contributed by atoms with Crippen LogP contribution in [0.15, 0.2) is 48.5 Å². The third kappa shape index (κ3) is 4.08. The first-order valence-electron chi connectivity index (χ1n) is 7.83. The van der Waals surface area contributed by atoms with Crippen LogP contribution in [0.1, 0.15) is 26.3 Å². The Hall–Kier alpha value is -2.94. The van der Waals surface area contributed by atoms with Gasteiger partial charge in [-0.15, -0.1) is 0 Å². The first-order chi connectivity index (χ1) is 12.8. The van der Waals surface area contributed by atoms with Gasteiger partial charge in [0.2, 0.25) is 0 Å². The Labute approximate surface area is 157 Å². The van der Waals surface area contributed by atoms with Gasteiger partial charge in [-0.3, -0.25) is 14.5 Å². The Morgan fingerprint density at radius 1 is 1.04 bits per heavy atom. The van der Waals surface area contributed by atoms with Crippen LogP contribution in [-0.4, -0.2) is 35.0 Å². The molecule has 140 valence electrons. The van der Waals surface area contributed by atoms with Crippen LogP contribution in [0.25, 0.3) is 0 Å². The molecule has 0 aliphatic carbocycles. The van der Waals surface area contributed by atoms with E-state index in [1.165, 1.54) is 12.1 Å². The standard InChI is InChI=1S/C18H13F3N2O3S/c19-18(20,21)11-4-3-5-12(10-11)22-17(27)26-9-8-23-15(24)13-6-1-2-7-14(13)16(23)25/h1-7,10H,8-9H2,(H,22,27). The number of anilines is 1. The maximum Gasteiger partial charge on any atom is 0.416 e. The van der Waals surface area contributed by atoms with Crippen molar-refractivity contribution in [3.63, 3.8) is 0 Å². The number of rotatable bonds is 4. The molecule has 27 heavy (non-hydrogen) atoms. The number of halogens is 3. The topological polar surface area (TPSA) is 58.6 Å². The van der Waals surface area contributed by atoms with Crippen LogP contribution in [0, 0.1) is 0 Å². The molecule has 0 radical (unpaired) electrons. The van der Waals surface area contributed by atoms with Crippen molar-refractivity contribution in [1.29, 1.82) is 0 Å². The SMILES string of the molecule is O=C1c2ccccc2C(=O)N1CCOC(=S)Nc1cccc(C(F)(F)F)c1. The highest BCUT2D eigenvalue weighted by Gasteiger charge is 2.34. The number of ether oxygens (including phenoxy) is 1. The number of nitrogens with one attached hydrogen (secondary N) is 1. The number of amides is 2. The molecule has 0 spiro atoms. The highest BCUT2D eigenvalue weighted by atomic mass is 32.1. The molecule has 0 unspecified atom stereocenters. The van der Waals surface area contributed by atoms with E-state index in [1.807, 2.05) is 0 Å². The lowest BCUT2D eigenvalue weighted by Crippen LogP contribution is -2.33. The third-order valence-electron chi connectivity index (χ3n) is 3.86. The largest absolute Gasteiger partial charge is 0.469 e. The van der Waals surface area contributed by atoms with Gasteiger partial charge in [0.25, 0.3) is 17.0 Å². The molecule has 3 rings (SSSR count). The molecule has 1 aliphatic heterocycles. The van der Waals surface area contributed by atoms with Gasteiger partial charge in [0.1, 0.15) is 6.61 Å². The monoisotopic (exact) mass is 394 g/mol. The van der Waals surface area contributed by atoms with E-state index in [1.54, 1.807) is 24.3 Å². The summed E-state index contributed by atoms with van der Waals surface area (Å²) in [5.41, 5.74) is -0.0452. The summed E-state index contributed by atoms with van der Waals surface area (Å²) in [7, 11) is 0. The molecular weight excluding hydrogens is 381 g/mol. The van der Waals surface area contributed by atoms with Gasteiger partial charge in [-0.25, -0.2) is 0 Å². The average molecular weight is 394 g/mol. The first-order valence-corrected chi connectivity index (χ1v) is 8.24. The van der Waals surface area contributed by atoms with Crippen molar-refractivity contribution in [1.82, 2.24) is 4.90 Å². The predicted octanol–water partition coefficient (Wildman–Crippen LogP) is 3.72. The quantitative estimate of drug-likeness (QED) is 0.633. The van der Waals surface area contributed by atoms with Gasteiger partial charge in [0.05, 0.1) is 23.2 Å². The summed E-state index contributed by atoms with van der Waals surface area (Å²) >= 11 is 4.94. The number of benzene rings is 2. The molecule has 2 aromatic rings. The normalized spacial score (nSPS) is 13.5. The van der Waals surface area contributed by atoms with Crippen LogP contribution >= 0.6 is 12.2 Å². The Morgan fingerprint density at radius 2 is 1.67 bits per heavy atom. The molecule has 2 amide bonds. The minimum absolute atomic E-state index is 0.0310. The van der Waals surface area contributed by atoms with Gasteiger partial charge >= 0.3 is 6.18 Å². The summed E-state index contributed by atoms with van der Waals surface area (Å²) in [5, 5.41) is 2.38. The summed E-state index contributed by atoms with van der Waals surface area (Å²) in [4.78, 5) is 25.4. The molecule has 0 saturated heterocycles. The van der Waals surface area contributed by atoms with Gasteiger partial charge < -0.3 is 10.1 Å². The molecule has 5 nitrogen and oxygen atoms in total. The number of carbonyl (C=O) groups is 2. The summed E-state index contributed by atoms with van der Waals surface area (Å²) in [5.74, 6) is -0.841. The van der Waals surface area contributed by atoms with Crippen LogP contribution in [0.2, 0.25) is 0 Å². The molecule has 1 aliphatic rings. The van der Waals surface area contributed by atoms with Crippen molar-refractivity contribution < 1.29 is 27.5 Å². The van der Waals surface area contributed by atoms with Crippen molar-refractivity contribution in [3.05, 3.63) is 65.2 Å². The zero-order chi connectivity index (χ0) is 19.6. The lowest BCUT2D eigenvalue weighted by atomic mass is 10.1. The maximum atomic E-state index is 12.7. The smallest absolute Gasteiger partial charge is 0.416 e. The number of fused-ring (bicyclic) bond motifs is 1. The zero-order valence-corrected chi connectivity index (χ0v) is 14.6. The fourth-order valence-corrected chi connectivity index (χ4v) is 2.80. The highest BCUT2D eigenvalue weighted by Crippen LogP contribution is 2.30. The van der Waals surface area contributed by atoms with E-state index in [4.69, 9.17) is 17.0 Å². The number of imide groups is 1. The van der Waals surface area contributed by atoms with Gasteiger partial charge in [0.15, 0.2) is 0 Å². The van der Waals surface area contributed by atoms with Gasteiger partial charge in [-0.1, -0.05) is 18.2 Å². The fourth-order valence-electron chi connectivity index (χ4n) is 2.60. The zero-order valence-electron chi connectivity index (χ0n) is 13.7. The first kappa shape index (κ1) is 18.8. The minimum Gasteiger partial charge on any atom is -0.469 e. The molecule has 0 aromatic heterocycles. The second-order valence-corrected chi connectivity index (χ2v) is 6.02. The molecule has 0 fully saturated rings. The number of carbonyl (C=O) groups excluding carboxylic acids is 2. The Kier molecular flexibility index (Phi) is 5.13. The number of hydrogen-bond acceptors (Lipinski definition) is 4. The van der Waals surface area contributed by atoms with Gasteiger partial charge in [-0.2, -0.15) is 13.2 Å². The second kappa shape index (κ2) is 7.36. The Bertz CT molecular complexity index is 880. The van der Waals surface area contributed by atoms with Crippen molar-refractivity contribution >= 4 is 34.9 Å². The average Bonchev–Trinajstić information content (AvgIpc) is 2.86.